The molecule has 0 bridgehead atoms. The molecule has 0 amide bonds. The second-order valence-corrected chi connectivity index (χ2v) is 2.46. The van der Waals surface area contributed by atoms with Crippen LogP contribution in [0.4, 0.5) is 0 Å². The molecular formula is C7H14O2. The molecule has 2 heteroatoms. The largest absolute Gasteiger partial charge is 0.343 e. The van der Waals surface area contributed by atoms with E-state index in [1.165, 1.54) is 0 Å². The van der Waals surface area contributed by atoms with Crippen LogP contribution >= 0.6 is 0 Å². The van der Waals surface area contributed by atoms with Gasteiger partial charge in [-0.3, -0.25) is 0 Å². The SMILES string of the molecule is C=C(C)OOCC(C)C. The topological polar surface area (TPSA) is 18.5 Å². The molecule has 9 heavy (non-hydrogen) atoms. The normalized spacial score (nSPS) is 9.78. The molecule has 0 heterocycles. The molecule has 0 saturated heterocycles. The van der Waals surface area contributed by atoms with Gasteiger partial charge in [-0.1, -0.05) is 20.4 Å². The van der Waals surface area contributed by atoms with E-state index in [0.717, 1.165) is 0 Å². The van der Waals surface area contributed by atoms with Gasteiger partial charge in [0.25, 0.3) is 0 Å². The van der Waals surface area contributed by atoms with Crippen LogP contribution in [0.3, 0.4) is 0 Å². The summed E-state index contributed by atoms with van der Waals surface area (Å²) in [6.45, 7) is 9.99. The minimum Gasteiger partial charge on any atom is -0.343 e. The lowest BCUT2D eigenvalue weighted by Gasteiger charge is -2.04. The summed E-state index contributed by atoms with van der Waals surface area (Å²) in [5, 5.41) is 0. The summed E-state index contributed by atoms with van der Waals surface area (Å²) in [6, 6.07) is 0. The van der Waals surface area contributed by atoms with Crippen LogP contribution in [0.1, 0.15) is 20.8 Å². The van der Waals surface area contributed by atoms with Gasteiger partial charge in [-0.05, 0) is 12.8 Å². The third-order valence-corrected chi connectivity index (χ3v) is 0.603. The minimum absolute atomic E-state index is 0.504. The molecule has 2 nitrogen and oxygen atoms in total. The van der Waals surface area contributed by atoms with Gasteiger partial charge in [0.15, 0.2) is 0 Å². The second-order valence-electron chi connectivity index (χ2n) is 2.46. The molecule has 0 aromatic carbocycles. The first-order valence-corrected chi connectivity index (χ1v) is 3.08. The maximum atomic E-state index is 4.76. The first-order chi connectivity index (χ1) is 4.13. The highest BCUT2D eigenvalue weighted by Crippen LogP contribution is 1.96. The molecule has 0 saturated carbocycles. The minimum atomic E-state index is 0.504. The van der Waals surface area contributed by atoms with Gasteiger partial charge in [0.2, 0.25) is 0 Å². The molecule has 0 spiro atoms. The maximum absolute atomic E-state index is 4.76. The Morgan fingerprint density at radius 1 is 1.56 bits per heavy atom. The predicted octanol–water partition coefficient (Wildman–Crippen LogP) is 2.12. The van der Waals surface area contributed by atoms with Gasteiger partial charge in [-0.25, -0.2) is 0 Å². The summed E-state index contributed by atoms with van der Waals surface area (Å²) in [7, 11) is 0. The van der Waals surface area contributed by atoms with Crippen molar-refractivity contribution in [3.63, 3.8) is 0 Å². The fourth-order valence-corrected chi connectivity index (χ4v) is 0.271. The molecule has 0 aliphatic heterocycles. The predicted molar refractivity (Wildman–Crippen MR) is 36.7 cm³/mol. The summed E-state index contributed by atoms with van der Waals surface area (Å²) >= 11 is 0. The van der Waals surface area contributed by atoms with Crippen molar-refractivity contribution in [1.82, 2.24) is 0 Å². The summed E-state index contributed by atoms with van der Waals surface area (Å²) in [6.07, 6.45) is 0. The van der Waals surface area contributed by atoms with Crippen molar-refractivity contribution in [1.29, 1.82) is 0 Å². The van der Waals surface area contributed by atoms with Gasteiger partial charge < -0.3 is 4.89 Å². The lowest BCUT2D eigenvalue weighted by atomic mass is 10.2. The Balaban J connectivity index is 3.01. The Bertz CT molecular complexity index is 86.9. The van der Waals surface area contributed by atoms with Gasteiger partial charge in [-0.15, -0.1) is 0 Å². The third-order valence-electron chi connectivity index (χ3n) is 0.603. The highest BCUT2D eigenvalue weighted by molar-refractivity contribution is 4.70. The van der Waals surface area contributed by atoms with E-state index in [2.05, 4.69) is 25.3 Å². The monoisotopic (exact) mass is 130 g/mol. The fraction of sp³-hybridized carbons (Fsp3) is 0.714. The van der Waals surface area contributed by atoms with E-state index in [4.69, 9.17) is 4.89 Å². The first-order valence-electron chi connectivity index (χ1n) is 3.08. The fourth-order valence-electron chi connectivity index (χ4n) is 0.271. The Kier molecular flexibility index (Phi) is 4.14. The molecule has 0 atom stereocenters. The molecule has 0 aromatic heterocycles. The van der Waals surface area contributed by atoms with Crippen LogP contribution in [0.25, 0.3) is 0 Å². The standard InChI is InChI=1S/C7H14O2/c1-6(2)5-8-9-7(3)4/h6H,3,5H2,1-2,4H3. The van der Waals surface area contributed by atoms with E-state index >= 15 is 0 Å². The lowest BCUT2D eigenvalue weighted by Crippen LogP contribution is -2.01. The van der Waals surface area contributed by atoms with Crippen LogP contribution in [0.15, 0.2) is 12.3 Å². The molecule has 0 radical (unpaired) electrons. The number of allylic oxidation sites excluding steroid dienone is 1. The van der Waals surface area contributed by atoms with Gasteiger partial charge in [-0.2, -0.15) is 4.89 Å². The van der Waals surface area contributed by atoms with E-state index in [-0.39, 0.29) is 0 Å². The van der Waals surface area contributed by atoms with Gasteiger partial charge in [0.05, 0.1) is 6.61 Å². The number of rotatable bonds is 4. The molecule has 0 fully saturated rings. The van der Waals surface area contributed by atoms with Crippen LogP contribution in [0.2, 0.25) is 0 Å². The number of hydrogen-bond acceptors (Lipinski definition) is 2. The Morgan fingerprint density at radius 3 is 2.44 bits per heavy atom. The van der Waals surface area contributed by atoms with Gasteiger partial charge in [0.1, 0.15) is 5.76 Å². The van der Waals surface area contributed by atoms with Crippen molar-refractivity contribution in [3.8, 4) is 0 Å². The zero-order chi connectivity index (χ0) is 7.28. The first kappa shape index (κ1) is 8.50. The summed E-state index contributed by atoms with van der Waals surface area (Å²) in [5.41, 5.74) is 0. The van der Waals surface area contributed by atoms with Crippen molar-refractivity contribution in [2.24, 2.45) is 5.92 Å². The zero-order valence-corrected chi connectivity index (χ0v) is 6.31. The van der Waals surface area contributed by atoms with E-state index < -0.39 is 0 Å². The van der Waals surface area contributed by atoms with Crippen molar-refractivity contribution in [3.05, 3.63) is 12.3 Å². The van der Waals surface area contributed by atoms with Crippen molar-refractivity contribution < 1.29 is 9.78 Å². The summed E-state index contributed by atoms with van der Waals surface area (Å²) in [4.78, 5) is 9.42. The molecule has 54 valence electrons. The Hall–Kier alpha value is -0.500. The highest BCUT2D eigenvalue weighted by atomic mass is 17.2. The summed E-state index contributed by atoms with van der Waals surface area (Å²) in [5.74, 6) is 1.10. The molecular weight excluding hydrogens is 116 g/mol. The van der Waals surface area contributed by atoms with Crippen LogP contribution in [-0.4, -0.2) is 6.61 Å². The lowest BCUT2D eigenvalue weighted by molar-refractivity contribution is -0.266. The van der Waals surface area contributed by atoms with Gasteiger partial charge >= 0.3 is 0 Å². The van der Waals surface area contributed by atoms with Crippen LogP contribution in [-0.2, 0) is 9.78 Å². The molecule has 0 unspecified atom stereocenters. The molecule has 0 rings (SSSR count). The second kappa shape index (κ2) is 4.39. The van der Waals surface area contributed by atoms with Gasteiger partial charge in [0, 0.05) is 0 Å². The van der Waals surface area contributed by atoms with Crippen molar-refractivity contribution >= 4 is 0 Å². The van der Waals surface area contributed by atoms with E-state index in [1.54, 1.807) is 6.92 Å². The Labute approximate surface area is 56.4 Å². The maximum Gasteiger partial charge on any atom is 0.132 e. The van der Waals surface area contributed by atoms with Crippen molar-refractivity contribution in [2.75, 3.05) is 6.61 Å². The molecule has 0 N–H and O–H groups in total. The third kappa shape index (κ3) is 7.50. The quantitative estimate of drug-likeness (QED) is 0.329. The zero-order valence-electron chi connectivity index (χ0n) is 6.31. The molecule has 0 aliphatic rings. The van der Waals surface area contributed by atoms with E-state index in [1.807, 2.05) is 0 Å². The molecule has 0 aromatic rings. The van der Waals surface area contributed by atoms with Crippen LogP contribution in [0, 0.1) is 5.92 Å². The average Bonchev–Trinajstić information content (AvgIpc) is 1.63. The highest BCUT2D eigenvalue weighted by Gasteiger charge is 1.93. The Morgan fingerprint density at radius 2 is 2.11 bits per heavy atom. The molecule has 0 aliphatic carbocycles. The van der Waals surface area contributed by atoms with E-state index in [0.29, 0.717) is 18.3 Å². The number of hydrogen-bond donors (Lipinski definition) is 0. The summed E-state index contributed by atoms with van der Waals surface area (Å²) < 4.78 is 0. The average molecular weight is 130 g/mol. The smallest absolute Gasteiger partial charge is 0.132 e. The van der Waals surface area contributed by atoms with E-state index in [9.17, 15) is 0 Å². The van der Waals surface area contributed by atoms with Crippen LogP contribution in [0.5, 0.6) is 0 Å². The van der Waals surface area contributed by atoms with Crippen LogP contribution < -0.4 is 0 Å². The van der Waals surface area contributed by atoms with Crippen molar-refractivity contribution in [2.45, 2.75) is 20.8 Å².